The average Bonchev–Trinajstić information content (AvgIpc) is 2.06. The molecule has 0 saturated heterocycles. The molecule has 1 aliphatic carbocycles. The van der Waals surface area contributed by atoms with E-state index in [0.29, 0.717) is 6.04 Å². The lowest BCUT2D eigenvalue weighted by molar-refractivity contribution is -0.119. The van der Waals surface area contributed by atoms with E-state index in [0.717, 1.165) is 6.42 Å². The van der Waals surface area contributed by atoms with Crippen LogP contribution < -0.4 is 5.32 Å². The molecule has 1 rings (SSSR count). The highest BCUT2D eigenvalue weighted by Gasteiger charge is 2.11. The molecular formula is C11H21NO. The number of nitrogens with one attached hydrogen (secondary N) is 1. The smallest absolute Gasteiger partial charge is 0.217 e. The first kappa shape index (κ1) is 12.2. The number of allylic oxidation sites excluding steroid dienone is 1. The fourth-order valence-electron chi connectivity index (χ4n) is 1.49. The van der Waals surface area contributed by atoms with Crippen LogP contribution in [0, 0.1) is 0 Å². The van der Waals surface area contributed by atoms with Gasteiger partial charge in [0.2, 0.25) is 5.91 Å². The number of rotatable bonds is 1. The van der Waals surface area contributed by atoms with Crippen molar-refractivity contribution in [2.75, 3.05) is 0 Å². The Morgan fingerprint density at radius 2 is 2.15 bits per heavy atom. The molecule has 1 N–H and O–H groups in total. The Morgan fingerprint density at radius 3 is 2.62 bits per heavy atom. The molecule has 1 atom stereocenters. The van der Waals surface area contributed by atoms with Crippen molar-refractivity contribution in [3.8, 4) is 0 Å². The Bertz CT molecular complexity index is 185. The van der Waals surface area contributed by atoms with Gasteiger partial charge >= 0.3 is 0 Å². The SMILES string of the molecule is CC.CC(=O)NC1C=C(C)CCC1. The highest BCUT2D eigenvalue weighted by Crippen LogP contribution is 2.16. The van der Waals surface area contributed by atoms with Crippen molar-refractivity contribution in [2.45, 2.75) is 53.0 Å². The van der Waals surface area contributed by atoms with Crippen LogP contribution in [0.15, 0.2) is 11.6 Å². The predicted molar refractivity (Wildman–Crippen MR) is 56.6 cm³/mol. The highest BCUT2D eigenvalue weighted by atomic mass is 16.1. The van der Waals surface area contributed by atoms with Gasteiger partial charge in [0.1, 0.15) is 0 Å². The van der Waals surface area contributed by atoms with Gasteiger partial charge in [-0.05, 0) is 26.2 Å². The fraction of sp³-hybridized carbons (Fsp3) is 0.727. The van der Waals surface area contributed by atoms with Gasteiger partial charge in [0.15, 0.2) is 0 Å². The largest absolute Gasteiger partial charge is 0.350 e. The number of carbonyl (C=O) groups is 1. The van der Waals surface area contributed by atoms with Crippen LogP contribution in [0.2, 0.25) is 0 Å². The van der Waals surface area contributed by atoms with E-state index in [-0.39, 0.29) is 5.91 Å². The zero-order valence-corrected chi connectivity index (χ0v) is 9.18. The number of hydrogen-bond acceptors (Lipinski definition) is 1. The van der Waals surface area contributed by atoms with E-state index in [2.05, 4.69) is 18.3 Å². The summed E-state index contributed by atoms with van der Waals surface area (Å²) in [6, 6.07) is 0.293. The van der Waals surface area contributed by atoms with Crippen molar-refractivity contribution in [3.63, 3.8) is 0 Å². The Labute approximate surface area is 81.4 Å². The van der Waals surface area contributed by atoms with Gasteiger partial charge in [0.25, 0.3) is 0 Å². The van der Waals surface area contributed by atoms with Crippen molar-refractivity contribution in [1.29, 1.82) is 0 Å². The average molecular weight is 183 g/mol. The summed E-state index contributed by atoms with van der Waals surface area (Å²) in [6.45, 7) is 7.69. The third-order valence-electron chi connectivity index (χ3n) is 1.96. The maximum absolute atomic E-state index is 10.7. The Kier molecular flexibility index (Phi) is 6.29. The summed E-state index contributed by atoms with van der Waals surface area (Å²) < 4.78 is 0. The molecule has 13 heavy (non-hydrogen) atoms. The Morgan fingerprint density at radius 1 is 1.54 bits per heavy atom. The first-order valence-corrected chi connectivity index (χ1v) is 5.13. The molecule has 0 saturated carbocycles. The molecule has 0 aromatic heterocycles. The standard InChI is InChI=1S/C9H15NO.C2H6/c1-7-4-3-5-9(6-7)10-8(2)11;1-2/h6,9H,3-5H2,1-2H3,(H,10,11);1-2H3. The molecule has 0 heterocycles. The lowest BCUT2D eigenvalue weighted by Crippen LogP contribution is -2.32. The van der Waals surface area contributed by atoms with E-state index < -0.39 is 0 Å². The molecule has 76 valence electrons. The zero-order chi connectivity index (χ0) is 10.3. The van der Waals surface area contributed by atoms with E-state index >= 15 is 0 Å². The molecule has 0 aliphatic heterocycles. The van der Waals surface area contributed by atoms with Crippen LogP contribution in [0.3, 0.4) is 0 Å². The molecule has 0 spiro atoms. The lowest BCUT2D eigenvalue weighted by Gasteiger charge is -2.19. The normalized spacial score (nSPS) is 20.9. The second-order valence-corrected chi connectivity index (χ2v) is 3.21. The predicted octanol–water partition coefficient (Wildman–Crippen LogP) is 2.65. The monoisotopic (exact) mass is 183 g/mol. The van der Waals surface area contributed by atoms with Gasteiger partial charge in [0, 0.05) is 13.0 Å². The summed E-state index contributed by atoms with van der Waals surface area (Å²) >= 11 is 0. The molecule has 1 aliphatic rings. The molecule has 0 fully saturated rings. The summed E-state index contributed by atoms with van der Waals surface area (Å²) in [5.74, 6) is 0.0703. The van der Waals surface area contributed by atoms with Crippen molar-refractivity contribution in [2.24, 2.45) is 0 Å². The van der Waals surface area contributed by atoms with Gasteiger partial charge in [-0.2, -0.15) is 0 Å². The Hall–Kier alpha value is -0.790. The van der Waals surface area contributed by atoms with Crippen LogP contribution in [0.25, 0.3) is 0 Å². The number of carbonyl (C=O) groups excluding carboxylic acids is 1. The summed E-state index contributed by atoms with van der Waals surface area (Å²) in [5.41, 5.74) is 1.40. The molecule has 0 radical (unpaired) electrons. The summed E-state index contributed by atoms with van der Waals surface area (Å²) in [5, 5.41) is 2.90. The minimum atomic E-state index is 0.0703. The van der Waals surface area contributed by atoms with Crippen LogP contribution >= 0.6 is 0 Å². The van der Waals surface area contributed by atoms with Crippen LogP contribution in [0.1, 0.15) is 47.0 Å². The van der Waals surface area contributed by atoms with E-state index in [1.807, 2.05) is 13.8 Å². The molecular weight excluding hydrogens is 162 g/mol. The van der Waals surface area contributed by atoms with Crippen molar-refractivity contribution in [3.05, 3.63) is 11.6 Å². The van der Waals surface area contributed by atoms with Crippen molar-refractivity contribution < 1.29 is 4.79 Å². The van der Waals surface area contributed by atoms with Gasteiger partial charge < -0.3 is 5.32 Å². The molecule has 1 amide bonds. The maximum atomic E-state index is 10.7. The summed E-state index contributed by atoms with van der Waals surface area (Å²) in [6.07, 6.45) is 5.64. The zero-order valence-electron chi connectivity index (χ0n) is 9.18. The quantitative estimate of drug-likeness (QED) is 0.622. The molecule has 0 aromatic rings. The minimum absolute atomic E-state index is 0.0703. The van der Waals surface area contributed by atoms with Gasteiger partial charge in [-0.1, -0.05) is 25.5 Å². The van der Waals surface area contributed by atoms with Gasteiger partial charge in [-0.25, -0.2) is 0 Å². The Balaban J connectivity index is 0.000000671. The topological polar surface area (TPSA) is 29.1 Å². The molecule has 1 unspecified atom stereocenters. The van der Waals surface area contributed by atoms with Crippen LogP contribution in [0.5, 0.6) is 0 Å². The van der Waals surface area contributed by atoms with E-state index in [4.69, 9.17) is 0 Å². The second-order valence-electron chi connectivity index (χ2n) is 3.21. The van der Waals surface area contributed by atoms with E-state index in [1.54, 1.807) is 6.92 Å². The van der Waals surface area contributed by atoms with Gasteiger partial charge in [-0.3, -0.25) is 4.79 Å². The fourth-order valence-corrected chi connectivity index (χ4v) is 1.49. The first-order valence-electron chi connectivity index (χ1n) is 5.13. The van der Waals surface area contributed by atoms with Crippen LogP contribution in [0.4, 0.5) is 0 Å². The van der Waals surface area contributed by atoms with Gasteiger partial charge in [0.05, 0.1) is 0 Å². The van der Waals surface area contributed by atoms with Gasteiger partial charge in [-0.15, -0.1) is 0 Å². The first-order chi connectivity index (χ1) is 6.18. The molecule has 2 heteroatoms. The van der Waals surface area contributed by atoms with Crippen molar-refractivity contribution >= 4 is 5.91 Å². The summed E-state index contributed by atoms with van der Waals surface area (Å²) in [7, 11) is 0. The molecule has 0 aromatic carbocycles. The second kappa shape index (κ2) is 6.70. The van der Waals surface area contributed by atoms with E-state index in [1.165, 1.54) is 18.4 Å². The lowest BCUT2D eigenvalue weighted by atomic mass is 9.97. The third kappa shape index (κ3) is 5.45. The number of hydrogen-bond donors (Lipinski definition) is 1. The maximum Gasteiger partial charge on any atom is 0.217 e. The molecule has 0 bridgehead atoms. The van der Waals surface area contributed by atoms with Crippen molar-refractivity contribution in [1.82, 2.24) is 5.32 Å². The summed E-state index contributed by atoms with van der Waals surface area (Å²) in [4.78, 5) is 10.7. The molecule has 2 nitrogen and oxygen atoms in total. The highest BCUT2D eigenvalue weighted by molar-refractivity contribution is 5.73. The van der Waals surface area contributed by atoms with E-state index in [9.17, 15) is 4.79 Å². The van der Waals surface area contributed by atoms with Crippen LogP contribution in [-0.2, 0) is 4.79 Å². The minimum Gasteiger partial charge on any atom is -0.350 e. The third-order valence-corrected chi connectivity index (χ3v) is 1.96. The number of amides is 1. The van der Waals surface area contributed by atoms with Crippen LogP contribution in [-0.4, -0.2) is 11.9 Å².